The summed E-state index contributed by atoms with van der Waals surface area (Å²) in [5.41, 5.74) is 2.18. The highest BCUT2D eigenvalue weighted by Crippen LogP contribution is 2.27. The average molecular weight is 371 g/mol. The molecule has 0 bridgehead atoms. The third kappa shape index (κ3) is 3.86. The Kier molecular flexibility index (Phi) is 5.53. The smallest absolute Gasteiger partial charge is 0.278 e. The molecule has 0 aliphatic rings. The molecule has 0 unspecified atom stereocenters. The van der Waals surface area contributed by atoms with Crippen LogP contribution in [0, 0.1) is 0 Å². The SMILES string of the molecule is CCCNc1nc2ccccc2nc1C(=O)Nc1ccc(OC)c(Cl)c1. The van der Waals surface area contributed by atoms with E-state index in [1.54, 1.807) is 18.2 Å². The van der Waals surface area contributed by atoms with Crippen LogP contribution in [-0.4, -0.2) is 29.5 Å². The van der Waals surface area contributed by atoms with Crippen molar-refractivity contribution < 1.29 is 9.53 Å². The van der Waals surface area contributed by atoms with Crippen molar-refractivity contribution in [2.75, 3.05) is 24.3 Å². The highest BCUT2D eigenvalue weighted by atomic mass is 35.5. The number of ether oxygens (including phenoxy) is 1. The maximum atomic E-state index is 12.8. The number of rotatable bonds is 6. The molecule has 0 fully saturated rings. The fourth-order valence-corrected chi connectivity index (χ4v) is 2.72. The van der Waals surface area contributed by atoms with Crippen LogP contribution < -0.4 is 15.4 Å². The van der Waals surface area contributed by atoms with Gasteiger partial charge in [0.25, 0.3) is 5.91 Å². The quantitative estimate of drug-likeness (QED) is 0.674. The molecule has 3 aromatic rings. The summed E-state index contributed by atoms with van der Waals surface area (Å²) < 4.78 is 5.12. The van der Waals surface area contributed by atoms with Gasteiger partial charge in [-0.25, -0.2) is 9.97 Å². The maximum Gasteiger partial charge on any atom is 0.278 e. The lowest BCUT2D eigenvalue weighted by Crippen LogP contribution is -2.18. The van der Waals surface area contributed by atoms with Crippen molar-refractivity contribution in [3.63, 3.8) is 0 Å². The molecular formula is C19H19ClN4O2. The highest BCUT2D eigenvalue weighted by Gasteiger charge is 2.17. The number of nitrogens with one attached hydrogen (secondary N) is 2. The number of carbonyl (C=O) groups excluding carboxylic acids is 1. The molecule has 0 saturated heterocycles. The van der Waals surface area contributed by atoms with Crippen molar-refractivity contribution in [1.29, 1.82) is 0 Å². The Balaban J connectivity index is 1.94. The Morgan fingerprint density at radius 3 is 2.54 bits per heavy atom. The minimum Gasteiger partial charge on any atom is -0.495 e. The van der Waals surface area contributed by atoms with Gasteiger partial charge in [-0.05, 0) is 36.8 Å². The lowest BCUT2D eigenvalue weighted by molar-refractivity contribution is 0.102. The van der Waals surface area contributed by atoms with Crippen LogP contribution in [0.4, 0.5) is 11.5 Å². The number of amides is 1. The average Bonchev–Trinajstić information content (AvgIpc) is 2.65. The van der Waals surface area contributed by atoms with Gasteiger partial charge in [-0.15, -0.1) is 0 Å². The largest absolute Gasteiger partial charge is 0.495 e. The Morgan fingerprint density at radius 2 is 1.88 bits per heavy atom. The summed E-state index contributed by atoms with van der Waals surface area (Å²) in [7, 11) is 1.54. The maximum absolute atomic E-state index is 12.8. The number of carbonyl (C=O) groups is 1. The Labute approximate surface area is 156 Å². The monoisotopic (exact) mass is 370 g/mol. The standard InChI is InChI=1S/C19H19ClN4O2/c1-3-10-21-18-17(23-14-6-4-5-7-15(14)24-18)19(25)22-12-8-9-16(26-2)13(20)11-12/h4-9,11H,3,10H2,1-2H3,(H,21,24)(H,22,25). The third-order valence-corrected chi connectivity index (χ3v) is 4.03. The van der Waals surface area contributed by atoms with Crippen LogP contribution in [0.2, 0.25) is 5.02 Å². The molecule has 2 aromatic carbocycles. The lowest BCUT2D eigenvalue weighted by atomic mass is 10.2. The third-order valence-electron chi connectivity index (χ3n) is 3.74. The first kappa shape index (κ1) is 17.9. The number of fused-ring (bicyclic) bond motifs is 1. The molecule has 0 spiro atoms. The van der Waals surface area contributed by atoms with Gasteiger partial charge < -0.3 is 15.4 Å². The van der Waals surface area contributed by atoms with Gasteiger partial charge in [-0.2, -0.15) is 0 Å². The first-order valence-corrected chi connectivity index (χ1v) is 8.65. The van der Waals surface area contributed by atoms with E-state index >= 15 is 0 Å². The molecule has 26 heavy (non-hydrogen) atoms. The summed E-state index contributed by atoms with van der Waals surface area (Å²) in [5.74, 6) is 0.645. The molecule has 1 heterocycles. The van der Waals surface area contributed by atoms with E-state index < -0.39 is 0 Å². The Hall–Kier alpha value is -2.86. The first-order chi connectivity index (χ1) is 12.6. The number of halogens is 1. The number of methoxy groups -OCH3 is 1. The van der Waals surface area contributed by atoms with E-state index in [1.165, 1.54) is 7.11 Å². The fourth-order valence-electron chi connectivity index (χ4n) is 2.46. The predicted molar refractivity (Wildman–Crippen MR) is 104 cm³/mol. The van der Waals surface area contributed by atoms with Crippen LogP contribution in [0.25, 0.3) is 11.0 Å². The van der Waals surface area contributed by atoms with E-state index in [-0.39, 0.29) is 11.6 Å². The van der Waals surface area contributed by atoms with E-state index in [0.717, 1.165) is 11.9 Å². The van der Waals surface area contributed by atoms with Crippen molar-refractivity contribution in [3.05, 3.63) is 53.2 Å². The van der Waals surface area contributed by atoms with Gasteiger partial charge in [0.1, 0.15) is 5.75 Å². The van der Waals surface area contributed by atoms with Crippen LogP contribution in [0.15, 0.2) is 42.5 Å². The topological polar surface area (TPSA) is 76.1 Å². The number of hydrogen-bond donors (Lipinski definition) is 2. The minimum absolute atomic E-state index is 0.240. The van der Waals surface area contributed by atoms with Crippen LogP contribution in [0.3, 0.4) is 0 Å². The van der Waals surface area contributed by atoms with E-state index in [0.29, 0.717) is 34.3 Å². The molecule has 0 aliphatic carbocycles. The molecule has 0 saturated carbocycles. The summed E-state index contributed by atoms with van der Waals surface area (Å²) >= 11 is 6.12. The first-order valence-electron chi connectivity index (χ1n) is 8.28. The molecule has 7 heteroatoms. The number of hydrogen-bond acceptors (Lipinski definition) is 5. The second kappa shape index (κ2) is 8.01. The Bertz CT molecular complexity index is 946. The van der Waals surface area contributed by atoms with Gasteiger partial charge in [0.05, 0.1) is 23.2 Å². The van der Waals surface area contributed by atoms with Crippen LogP contribution in [0.5, 0.6) is 5.75 Å². The highest BCUT2D eigenvalue weighted by molar-refractivity contribution is 6.32. The Morgan fingerprint density at radius 1 is 1.15 bits per heavy atom. The van der Waals surface area contributed by atoms with Gasteiger partial charge >= 0.3 is 0 Å². The van der Waals surface area contributed by atoms with Gasteiger partial charge in [-0.1, -0.05) is 30.7 Å². The summed E-state index contributed by atoms with van der Waals surface area (Å²) in [6.07, 6.45) is 0.906. The molecule has 1 aromatic heterocycles. The van der Waals surface area contributed by atoms with Gasteiger partial charge in [-0.3, -0.25) is 4.79 Å². The molecule has 0 atom stereocenters. The zero-order valence-electron chi connectivity index (χ0n) is 14.5. The molecular weight excluding hydrogens is 352 g/mol. The van der Waals surface area contributed by atoms with Gasteiger partial charge in [0.2, 0.25) is 0 Å². The second-order valence-electron chi connectivity index (χ2n) is 5.64. The van der Waals surface area contributed by atoms with E-state index in [4.69, 9.17) is 16.3 Å². The van der Waals surface area contributed by atoms with E-state index in [1.807, 2.05) is 31.2 Å². The molecule has 3 rings (SSSR count). The van der Waals surface area contributed by atoms with Crippen molar-refractivity contribution in [2.45, 2.75) is 13.3 Å². The van der Waals surface area contributed by atoms with E-state index in [2.05, 4.69) is 20.6 Å². The number of para-hydroxylation sites is 2. The van der Waals surface area contributed by atoms with Gasteiger partial charge in [0.15, 0.2) is 11.5 Å². The predicted octanol–water partition coefficient (Wildman–Crippen LogP) is 4.37. The van der Waals surface area contributed by atoms with Crippen LogP contribution in [0.1, 0.15) is 23.8 Å². The van der Waals surface area contributed by atoms with Crippen molar-refractivity contribution in [1.82, 2.24) is 9.97 Å². The van der Waals surface area contributed by atoms with Gasteiger partial charge in [0, 0.05) is 12.2 Å². The molecule has 0 aliphatic heterocycles. The lowest BCUT2D eigenvalue weighted by Gasteiger charge is -2.12. The summed E-state index contributed by atoms with van der Waals surface area (Å²) in [6, 6.07) is 12.5. The zero-order chi connectivity index (χ0) is 18.5. The second-order valence-corrected chi connectivity index (χ2v) is 6.05. The molecule has 2 N–H and O–H groups in total. The zero-order valence-corrected chi connectivity index (χ0v) is 15.3. The normalized spacial score (nSPS) is 10.6. The van der Waals surface area contributed by atoms with E-state index in [9.17, 15) is 4.79 Å². The molecule has 0 radical (unpaired) electrons. The van der Waals surface area contributed by atoms with Crippen molar-refractivity contribution in [2.24, 2.45) is 0 Å². The summed E-state index contributed by atoms with van der Waals surface area (Å²) in [4.78, 5) is 21.8. The van der Waals surface area contributed by atoms with Crippen LogP contribution >= 0.6 is 11.6 Å². The molecule has 1 amide bonds. The minimum atomic E-state index is -0.358. The molecule has 6 nitrogen and oxygen atoms in total. The van der Waals surface area contributed by atoms with Crippen molar-refractivity contribution in [3.8, 4) is 5.75 Å². The molecule has 134 valence electrons. The summed E-state index contributed by atoms with van der Waals surface area (Å²) in [6.45, 7) is 2.74. The number of aromatic nitrogens is 2. The van der Waals surface area contributed by atoms with Crippen molar-refractivity contribution >= 4 is 40.0 Å². The number of anilines is 2. The van der Waals surface area contributed by atoms with Crippen LogP contribution in [-0.2, 0) is 0 Å². The summed E-state index contributed by atoms with van der Waals surface area (Å²) in [5, 5.41) is 6.40. The fraction of sp³-hybridized carbons (Fsp3) is 0.211. The number of nitrogens with zero attached hydrogens (tertiary/aromatic N) is 2. The number of benzene rings is 2.